The van der Waals surface area contributed by atoms with Crippen LogP contribution in [0.5, 0.6) is 11.5 Å². The quantitative estimate of drug-likeness (QED) is 0.867. The Kier molecular flexibility index (Phi) is 5.27. The van der Waals surface area contributed by atoms with Crippen molar-refractivity contribution in [2.75, 3.05) is 26.5 Å². The van der Waals surface area contributed by atoms with Crippen LogP contribution in [-0.4, -0.2) is 37.6 Å². The van der Waals surface area contributed by atoms with E-state index in [4.69, 9.17) is 9.47 Å². The summed E-state index contributed by atoms with van der Waals surface area (Å²) in [5.74, 6) is 2.12. The summed E-state index contributed by atoms with van der Waals surface area (Å²) in [7, 11) is 3.19. The Hall–Kier alpha value is -1.95. The van der Waals surface area contributed by atoms with Crippen LogP contribution in [0.25, 0.3) is 5.57 Å². The molecule has 0 atom stereocenters. The molecule has 1 aromatic rings. The Morgan fingerprint density at radius 1 is 1.38 bits per heavy atom. The molecule has 0 unspecified atom stereocenters. The van der Waals surface area contributed by atoms with Gasteiger partial charge in [0.2, 0.25) is 5.91 Å². The standard InChI is InChI=1S/C15H18N2O3S/c1-10(8-14(18)17-15-16-6-7-21-15)12-5-4-11(19-2)9-13(12)20-3/h4-5,8-9H,6-7H2,1-3H3,(H,16,17,18)/b10-8+. The minimum absolute atomic E-state index is 0.182. The van der Waals surface area contributed by atoms with E-state index in [1.165, 1.54) is 0 Å². The van der Waals surface area contributed by atoms with Crippen LogP contribution in [0.15, 0.2) is 29.3 Å². The van der Waals surface area contributed by atoms with Gasteiger partial charge in [-0.25, -0.2) is 0 Å². The first-order chi connectivity index (χ1) is 10.1. The summed E-state index contributed by atoms with van der Waals surface area (Å²) in [6.45, 7) is 2.63. The van der Waals surface area contributed by atoms with Crippen molar-refractivity contribution in [3.05, 3.63) is 29.8 Å². The summed E-state index contributed by atoms with van der Waals surface area (Å²) in [4.78, 5) is 16.1. The molecule has 2 rings (SSSR count). The molecule has 5 nitrogen and oxygen atoms in total. The highest BCUT2D eigenvalue weighted by Gasteiger charge is 2.11. The molecule has 0 saturated carbocycles. The number of nitrogens with zero attached hydrogens (tertiary/aromatic N) is 1. The summed E-state index contributed by atoms with van der Waals surface area (Å²) in [5.41, 5.74) is 1.67. The van der Waals surface area contributed by atoms with Gasteiger partial charge >= 0.3 is 0 Å². The smallest absolute Gasteiger partial charge is 0.250 e. The van der Waals surface area contributed by atoms with Gasteiger partial charge < -0.3 is 14.8 Å². The average Bonchev–Trinajstić information content (AvgIpc) is 2.99. The molecule has 6 heteroatoms. The van der Waals surface area contributed by atoms with Crippen molar-refractivity contribution in [3.63, 3.8) is 0 Å². The number of amides is 1. The molecule has 1 aromatic carbocycles. The van der Waals surface area contributed by atoms with Crippen LogP contribution in [0.4, 0.5) is 0 Å². The SMILES string of the molecule is COc1ccc(/C(C)=C/C(=O)NC2=NCCS2)c(OC)c1. The van der Waals surface area contributed by atoms with E-state index in [1.54, 1.807) is 38.1 Å². The van der Waals surface area contributed by atoms with Gasteiger partial charge in [0.25, 0.3) is 0 Å². The highest BCUT2D eigenvalue weighted by molar-refractivity contribution is 8.14. The molecule has 0 aliphatic carbocycles. The van der Waals surface area contributed by atoms with E-state index in [1.807, 2.05) is 19.1 Å². The summed E-state index contributed by atoms with van der Waals surface area (Å²) in [6, 6.07) is 5.50. The van der Waals surface area contributed by atoms with E-state index in [-0.39, 0.29) is 5.91 Å². The Balaban J connectivity index is 2.16. The lowest BCUT2D eigenvalue weighted by Crippen LogP contribution is -2.25. The monoisotopic (exact) mass is 306 g/mol. The van der Waals surface area contributed by atoms with E-state index in [9.17, 15) is 4.79 Å². The van der Waals surface area contributed by atoms with Gasteiger partial charge in [-0.3, -0.25) is 9.79 Å². The van der Waals surface area contributed by atoms with Crippen LogP contribution in [0.2, 0.25) is 0 Å². The number of ether oxygens (including phenoxy) is 2. The number of allylic oxidation sites excluding steroid dienone is 1. The fourth-order valence-electron chi connectivity index (χ4n) is 1.95. The van der Waals surface area contributed by atoms with Gasteiger partial charge in [0.05, 0.1) is 20.8 Å². The predicted octanol–water partition coefficient (Wildman–Crippen LogP) is 2.33. The van der Waals surface area contributed by atoms with Gasteiger partial charge in [-0.15, -0.1) is 0 Å². The molecular weight excluding hydrogens is 288 g/mol. The van der Waals surface area contributed by atoms with Crippen molar-refractivity contribution in [2.45, 2.75) is 6.92 Å². The number of carbonyl (C=O) groups excluding carboxylic acids is 1. The summed E-state index contributed by atoms with van der Waals surface area (Å²) in [6.07, 6.45) is 1.55. The van der Waals surface area contributed by atoms with E-state index in [0.717, 1.165) is 23.4 Å². The van der Waals surface area contributed by atoms with Crippen LogP contribution in [0, 0.1) is 0 Å². The number of carbonyl (C=O) groups is 1. The van der Waals surface area contributed by atoms with Gasteiger partial charge in [-0.1, -0.05) is 11.8 Å². The van der Waals surface area contributed by atoms with Crippen LogP contribution in [0.3, 0.4) is 0 Å². The van der Waals surface area contributed by atoms with E-state index >= 15 is 0 Å². The number of thioether (sulfide) groups is 1. The Labute approximate surface area is 128 Å². The molecule has 0 aromatic heterocycles. The lowest BCUT2D eigenvalue weighted by atomic mass is 10.1. The highest BCUT2D eigenvalue weighted by Crippen LogP contribution is 2.29. The molecule has 21 heavy (non-hydrogen) atoms. The zero-order valence-corrected chi connectivity index (χ0v) is 13.1. The van der Waals surface area contributed by atoms with Gasteiger partial charge in [-0.2, -0.15) is 0 Å². The minimum atomic E-state index is -0.182. The van der Waals surface area contributed by atoms with E-state index in [2.05, 4.69) is 10.3 Å². The zero-order valence-electron chi connectivity index (χ0n) is 12.3. The lowest BCUT2D eigenvalue weighted by Gasteiger charge is -2.11. The number of benzene rings is 1. The minimum Gasteiger partial charge on any atom is -0.497 e. The molecule has 0 saturated heterocycles. The first kappa shape index (κ1) is 15.4. The van der Waals surface area contributed by atoms with Crippen molar-refractivity contribution in [2.24, 2.45) is 4.99 Å². The van der Waals surface area contributed by atoms with Crippen LogP contribution in [0.1, 0.15) is 12.5 Å². The van der Waals surface area contributed by atoms with Crippen LogP contribution < -0.4 is 14.8 Å². The molecule has 112 valence electrons. The third kappa shape index (κ3) is 4.01. The maximum atomic E-state index is 12.0. The summed E-state index contributed by atoms with van der Waals surface area (Å²) < 4.78 is 10.5. The molecular formula is C15H18N2O3S. The highest BCUT2D eigenvalue weighted by atomic mass is 32.2. The molecule has 0 radical (unpaired) electrons. The molecule has 1 amide bonds. The number of hydrogen-bond donors (Lipinski definition) is 1. The number of nitrogens with one attached hydrogen (secondary N) is 1. The molecule has 0 spiro atoms. The first-order valence-electron chi connectivity index (χ1n) is 6.53. The molecule has 1 aliphatic heterocycles. The number of methoxy groups -OCH3 is 2. The third-order valence-electron chi connectivity index (χ3n) is 3.00. The topological polar surface area (TPSA) is 59.9 Å². The maximum absolute atomic E-state index is 12.0. The Morgan fingerprint density at radius 3 is 2.81 bits per heavy atom. The second-order valence-electron chi connectivity index (χ2n) is 4.42. The second kappa shape index (κ2) is 7.17. The first-order valence-corrected chi connectivity index (χ1v) is 7.51. The average molecular weight is 306 g/mol. The van der Waals surface area contributed by atoms with E-state index < -0.39 is 0 Å². The predicted molar refractivity (Wildman–Crippen MR) is 86.1 cm³/mol. The fourth-order valence-corrected chi connectivity index (χ4v) is 2.68. The van der Waals surface area contributed by atoms with E-state index in [0.29, 0.717) is 16.7 Å². The van der Waals surface area contributed by atoms with Gasteiger partial charge in [0.15, 0.2) is 5.17 Å². The maximum Gasteiger partial charge on any atom is 0.250 e. The van der Waals surface area contributed by atoms with Crippen molar-refractivity contribution >= 4 is 28.4 Å². The van der Waals surface area contributed by atoms with Crippen LogP contribution in [-0.2, 0) is 4.79 Å². The Bertz CT molecular complexity index is 597. The molecule has 1 aliphatic rings. The molecule has 1 heterocycles. The van der Waals surface area contributed by atoms with Crippen LogP contribution >= 0.6 is 11.8 Å². The number of aliphatic imine (C=N–C) groups is 1. The second-order valence-corrected chi connectivity index (χ2v) is 5.50. The van der Waals surface area contributed by atoms with Crippen molar-refractivity contribution in [1.82, 2.24) is 5.32 Å². The molecule has 1 N–H and O–H groups in total. The number of hydrogen-bond acceptors (Lipinski definition) is 5. The summed E-state index contributed by atoms with van der Waals surface area (Å²) in [5, 5.41) is 3.46. The van der Waals surface area contributed by atoms with Gasteiger partial charge in [0, 0.05) is 23.5 Å². The number of amidine groups is 1. The molecule has 0 bridgehead atoms. The van der Waals surface area contributed by atoms with Gasteiger partial charge in [0.1, 0.15) is 11.5 Å². The third-order valence-corrected chi connectivity index (χ3v) is 3.89. The Morgan fingerprint density at radius 2 is 2.19 bits per heavy atom. The van der Waals surface area contributed by atoms with Crippen molar-refractivity contribution in [3.8, 4) is 11.5 Å². The lowest BCUT2D eigenvalue weighted by molar-refractivity contribution is -0.115. The van der Waals surface area contributed by atoms with Crippen molar-refractivity contribution in [1.29, 1.82) is 0 Å². The normalized spacial score (nSPS) is 14.6. The fraction of sp³-hybridized carbons (Fsp3) is 0.333. The summed E-state index contributed by atoms with van der Waals surface area (Å²) >= 11 is 1.55. The van der Waals surface area contributed by atoms with Crippen molar-refractivity contribution < 1.29 is 14.3 Å². The molecule has 0 fully saturated rings. The van der Waals surface area contributed by atoms with Gasteiger partial charge in [-0.05, 0) is 24.6 Å². The number of rotatable bonds is 4. The zero-order chi connectivity index (χ0) is 15.2. The largest absolute Gasteiger partial charge is 0.497 e.